The molecule has 1 atom stereocenters. The van der Waals surface area contributed by atoms with Crippen LogP contribution in [0.15, 0.2) is 47.6 Å². The minimum Gasteiger partial charge on any atom is -0.475 e. The molecule has 0 aliphatic carbocycles. The molecule has 146 valence electrons. The van der Waals surface area contributed by atoms with Gasteiger partial charge in [0, 0.05) is 39.5 Å². The molecule has 0 aliphatic heterocycles. The fraction of sp³-hybridized carbons (Fsp3) is 0.429. The lowest BCUT2D eigenvalue weighted by molar-refractivity contribution is 0.143. The number of nitrogens with one attached hydrogen (secondary N) is 2. The van der Waals surface area contributed by atoms with E-state index in [0.29, 0.717) is 31.6 Å². The predicted octanol–water partition coefficient (Wildman–Crippen LogP) is 2.88. The van der Waals surface area contributed by atoms with Crippen molar-refractivity contribution in [3.05, 3.63) is 59.3 Å². The van der Waals surface area contributed by atoms with Crippen LogP contribution in [0.2, 0.25) is 0 Å². The molecule has 0 fully saturated rings. The van der Waals surface area contributed by atoms with E-state index in [1.54, 1.807) is 20.4 Å². The first-order valence-electron chi connectivity index (χ1n) is 9.20. The average molecular weight is 370 g/mol. The number of aromatic nitrogens is 1. The molecule has 2 rings (SSSR count). The Balaban J connectivity index is 1.78. The number of guanidine groups is 1. The van der Waals surface area contributed by atoms with Crippen molar-refractivity contribution in [1.82, 2.24) is 15.6 Å². The van der Waals surface area contributed by atoms with E-state index in [9.17, 15) is 0 Å². The molecule has 1 aromatic heterocycles. The van der Waals surface area contributed by atoms with Crippen molar-refractivity contribution >= 4 is 5.96 Å². The fourth-order valence-corrected chi connectivity index (χ4v) is 2.58. The molecular weight excluding hydrogens is 340 g/mol. The van der Waals surface area contributed by atoms with Crippen LogP contribution in [0.3, 0.4) is 0 Å². The molecule has 6 nitrogen and oxygen atoms in total. The topological polar surface area (TPSA) is 67.8 Å². The van der Waals surface area contributed by atoms with Gasteiger partial charge in [-0.3, -0.25) is 4.99 Å². The van der Waals surface area contributed by atoms with Crippen molar-refractivity contribution in [1.29, 1.82) is 0 Å². The Bertz CT molecular complexity index is 716. The Labute approximate surface area is 162 Å². The lowest BCUT2D eigenvalue weighted by Crippen LogP contribution is -2.38. The van der Waals surface area contributed by atoms with Gasteiger partial charge < -0.3 is 20.1 Å². The molecule has 1 unspecified atom stereocenters. The molecular formula is C21H30N4O2. The highest BCUT2D eigenvalue weighted by atomic mass is 16.5. The lowest BCUT2D eigenvalue weighted by Gasteiger charge is -2.17. The summed E-state index contributed by atoms with van der Waals surface area (Å²) in [6, 6.07) is 12.5. The maximum Gasteiger partial charge on any atom is 0.213 e. The minimum absolute atomic E-state index is 0.397. The minimum atomic E-state index is 0.397. The summed E-state index contributed by atoms with van der Waals surface area (Å²) in [6.07, 6.45) is 1.80. The summed E-state index contributed by atoms with van der Waals surface area (Å²) in [5.41, 5.74) is 3.67. The summed E-state index contributed by atoms with van der Waals surface area (Å²) in [6.45, 7) is 6.83. The highest BCUT2D eigenvalue weighted by molar-refractivity contribution is 5.79. The van der Waals surface area contributed by atoms with Gasteiger partial charge in [0.2, 0.25) is 5.88 Å². The summed E-state index contributed by atoms with van der Waals surface area (Å²) in [5, 5.41) is 6.70. The summed E-state index contributed by atoms with van der Waals surface area (Å²) >= 11 is 0. The summed E-state index contributed by atoms with van der Waals surface area (Å²) < 4.78 is 10.4. The van der Waals surface area contributed by atoms with Crippen LogP contribution in [0.5, 0.6) is 5.88 Å². The largest absolute Gasteiger partial charge is 0.475 e. The van der Waals surface area contributed by atoms with Crippen molar-refractivity contribution in [3.8, 4) is 5.88 Å². The van der Waals surface area contributed by atoms with Gasteiger partial charge in [0.25, 0.3) is 0 Å². The van der Waals surface area contributed by atoms with E-state index in [1.165, 1.54) is 11.1 Å². The highest BCUT2D eigenvalue weighted by Gasteiger charge is 2.07. The fourth-order valence-electron chi connectivity index (χ4n) is 2.58. The van der Waals surface area contributed by atoms with Gasteiger partial charge in [-0.25, -0.2) is 4.98 Å². The second-order valence-electron chi connectivity index (χ2n) is 6.47. The standard InChI is InChI=1S/C21H30N4O2/c1-16-6-5-7-19(12-16)17(2)13-24-21(22-3)25-15-18-8-9-20(23-14-18)27-11-10-26-4/h5-9,12,14,17H,10-11,13,15H2,1-4H3,(H2,22,24,25). The number of nitrogens with zero attached hydrogens (tertiary/aromatic N) is 2. The van der Waals surface area contributed by atoms with Crippen molar-refractivity contribution in [3.63, 3.8) is 0 Å². The number of methoxy groups -OCH3 is 1. The summed E-state index contributed by atoms with van der Waals surface area (Å²) in [5.74, 6) is 1.77. The van der Waals surface area contributed by atoms with Crippen LogP contribution in [0, 0.1) is 6.92 Å². The van der Waals surface area contributed by atoms with Crippen molar-refractivity contribution in [2.45, 2.75) is 26.3 Å². The Morgan fingerprint density at radius 1 is 1.19 bits per heavy atom. The van der Waals surface area contributed by atoms with Crippen molar-refractivity contribution in [2.24, 2.45) is 4.99 Å². The van der Waals surface area contributed by atoms with Gasteiger partial charge in [-0.05, 0) is 24.0 Å². The molecule has 2 aromatic rings. The molecule has 0 amide bonds. The zero-order valence-electron chi connectivity index (χ0n) is 16.7. The van der Waals surface area contributed by atoms with Gasteiger partial charge >= 0.3 is 0 Å². The zero-order chi connectivity index (χ0) is 19.5. The van der Waals surface area contributed by atoms with Gasteiger partial charge in [0.15, 0.2) is 5.96 Å². The number of hydrogen-bond acceptors (Lipinski definition) is 4. The Morgan fingerprint density at radius 2 is 2.04 bits per heavy atom. The molecule has 1 heterocycles. The Hall–Kier alpha value is -2.60. The number of aliphatic imine (C=N–C) groups is 1. The Morgan fingerprint density at radius 3 is 2.70 bits per heavy atom. The first kappa shape index (κ1) is 20.7. The number of hydrogen-bond donors (Lipinski definition) is 2. The number of pyridine rings is 1. The van der Waals surface area contributed by atoms with Gasteiger partial charge in [-0.2, -0.15) is 0 Å². The van der Waals surface area contributed by atoms with Crippen LogP contribution in [-0.2, 0) is 11.3 Å². The van der Waals surface area contributed by atoms with E-state index >= 15 is 0 Å². The van der Waals surface area contributed by atoms with Crippen LogP contribution in [-0.4, -0.2) is 44.9 Å². The quantitative estimate of drug-likeness (QED) is 0.404. The van der Waals surface area contributed by atoms with Gasteiger partial charge in [-0.15, -0.1) is 0 Å². The molecule has 0 saturated heterocycles. The van der Waals surface area contributed by atoms with Gasteiger partial charge in [-0.1, -0.05) is 42.8 Å². The van der Waals surface area contributed by atoms with Gasteiger partial charge in [0.1, 0.15) is 6.61 Å². The molecule has 1 aromatic carbocycles. The summed E-state index contributed by atoms with van der Waals surface area (Å²) in [4.78, 5) is 8.59. The van der Waals surface area contributed by atoms with Crippen molar-refractivity contribution in [2.75, 3.05) is 33.9 Å². The van der Waals surface area contributed by atoms with Crippen LogP contribution in [0.4, 0.5) is 0 Å². The molecule has 0 aliphatic rings. The van der Waals surface area contributed by atoms with Crippen LogP contribution in [0.25, 0.3) is 0 Å². The predicted molar refractivity (Wildman–Crippen MR) is 109 cm³/mol. The van der Waals surface area contributed by atoms with Gasteiger partial charge in [0.05, 0.1) is 6.61 Å². The first-order valence-corrected chi connectivity index (χ1v) is 9.20. The normalized spacial score (nSPS) is 12.5. The van der Waals surface area contributed by atoms with E-state index in [0.717, 1.165) is 18.1 Å². The SMILES string of the molecule is CN=C(NCc1ccc(OCCOC)nc1)NCC(C)c1cccc(C)c1. The van der Waals surface area contributed by atoms with Crippen LogP contribution < -0.4 is 15.4 Å². The maximum absolute atomic E-state index is 5.47. The number of aryl methyl sites for hydroxylation is 1. The lowest BCUT2D eigenvalue weighted by atomic mass is 9.99. The van der Waals surface area contributed by atoms with Crippen LogP contribution >= 0.6 is 0 Å². The zero-order valence-corrected chi connectivity index (χ0v) is 16.7. The molecule has 0 radical (unpaired) electrons. The maximum atomic E-state index is 5.47. The third-order valence-electron chi connectivity index (χ3n) is 4.21. The van der Waals surface area contributed by atoms with E-state index in [-0.39, 0.29) is 0 Å². The van der Waals surface area contributed by atoms with E-state index in [2.05, 4.69) is 58.7 Å². The number of ether oxygens (including phenoxy) is 2. The van der Waals surface area contributed by atoms with Crippen LogP contribution in [0.1, 0.15) is 29.5 Å². The van der Waals surface area contributed by atoms with E-state index < -0.39 is 0 Å². The summed E-state index contributed by atoms with van der Waals surface area (Å²) in [7, 11) is 3.42. The monoisotopic (exact) mass is 370 g/mol. The van der Waals surface area contributed by atoms with E-state index in [1.807, 2.05) is 12.1 Å². The Kier molecular flexibility index (Phi) is 8.58. The third-order valence-corrected chi connectivity index (χ3v) is 4.21. The third kappa shape index (κ3) is 7.27. The molecule has 0 bridgehead atoms. The molecule has 0 spiro atoms. The van der Waals surface area contributed by atoms with Crippen molar-refractivity contribution < 1.29 is 9.47 Å². The molecule has 0 saturated carbocycles. The first-order chi connectivity index (χ1) is 13.1. The second-order valence-corrected chi connectivity index (χ2v) is 6.47. The van der Waals surface area contributed by atoms with E-state index in [4.69, 9.17) is 9.47 Å². The molecule has 6 heteroatoms. The number of benzene rings is 1. The second kappa shape index (κ2) is 11.2. The number of rotatable bonds is 9. The average Bonchev–Trinajstić information content (AvgIpc) is 2.69. The molecule has 2 N–H and O–H groups in total. The smallest absolute Gasteiger partial charge is 0.213 e. The molecule has 27 heavy (non-hydrogen) atoms. The highest BCUT2D eigenvalue weighted by Crippen LogP contribution is 2.15.